The number of nitrogens with one attached hydrogen (secondary N) is 1. The van der Waals surface area contributed by atoms with Crippen molar-refractivity contribution in [3.05, 3.63) is 30.3 Å². The second-order valence-electron chi connectivity index (χ2n) is 6.40. The fourth-order valence-electron chi connectivity index (χ4n) is 3.21. The normalized spacial score (nSPS) is 10.4. The molecule has 3 rings (SSSR count). The van der Waals surface area contributed by atoms with Crippen molar-refractivity contribution in [3.8, 4) is 51.1 Å². The Morgan fingerprint density at radius 1 is 0.806 bits per heavy atom. The Bertz CT molecular complexity index is 1070. The van der Waals surface area contributed by atoms with Crippen LogP contribution in [0.1, 0.15) is 6.92 Å². The van der Waals surface area contributed by atoms with Crippen LogP contribution < -0.4 is 29.0 Å². The topological polar surface area (TPSA) is 101 Å². The van der Waals surface area contributed by atoms with E-state index in [2.05, 4.69) is 10.5 Å². The number of benzene rings is 2. The first-order valence-corrected chi connectivity index (χ1v) is 9.27. The van der Waals surface area contributed by atoms with Crippen LogP contribution in [0.4, 0.5) is 5.88 Å². The average Bonchev–Trinajstić information content (AvgIpc) is 3.20. The molecular formula is C22H24N2O7. The lowest BCUT2D eigenvalue weighted by molar-refractivity contribution is -0.114. The van der Waals surface area contributed by atoms with Crippen molar-refractivity contribution in [1.29, 1.82) is 0 Å². The second-order valence-corrected chi connectivity index (χ2v) is 6.40. The summed E-state index contributed by atoms with van der Waals surface area (Å²) in [6.45, 7) is 1.39. The molecule has 0 spiro atoms. The van der Waals surface area contributed by atoms with Crippen LogP contribution in [0.2, 0.25) is 0 Å². The van der Waals surface area contributed by atoms with Crippen molar-refractivity contribution in [3.63, 3.8) is 0 Å². The predicted molar refractivity (Wildman–Crippen MR) is 114 cm³/mol. The Kier molecular flexibility index (Phi) is 6.54. The smallest absolute Gasteiger partial charge is 0.239 e. The number of aromatic nitrogens is 1. The molecule has 0 unspecified atom stereocenters. The summed E-state index contributed by atoms with van der Waals surface area (Å²) in [6, 6.07) is 8.86. The van der Waals surface area contributed by atoms with Crippen molar-refractivity contribution in [1.82, 2.24) is 5.16 Å². The summed E-state index contributed by atoms with van der Waals surface area (Å²) in [5.41, 5.74) is 2.37. The number of hydrogen-bond acceptors (Lipinski definition) is 8. The molecule has 31 heavy (non-hydrogen) atoms. The van der Waals surface area contributed by atoms with Gasteiger partial charge < -0.3 is 28.2 Å². The largest absolute Gasteiger partial charge is 0.493 e. The first-order chi connectivity index (χ1) is 15.0. The van der Waals surface area contributed by atoms with E-state index in [-0.39, 0.29) is 11.8 Å². The van der Waals surface area contributed by atoms with Crippen molar-refractivity contribution < 1.29 is 33.0 Å². The minimum absolute atomic E-state index is 0.198. The number of amides is 1. The molecule has 0 aliphatic carbocycles. The van der Waals surface area contributed by atoms with Crippen LogP contribution in [0.15, 0.2) is 34.9 Å². The first kappa shape index (κ1) is 21.8. The summed E-state index contributed by atoms with van der Waals surface area (Å²) >= 11 is 0. The van der Waals surface area contributed by atoms with Crippen LogP contribution in [0, 0.1) is 0 Å². The van der Waals surface area contributed by atoms with E-state index in [1.165, 1.54) is 28.3 Å². The molecule has 2 aromatic carbocycles. The molecule has 0 saturated carbocycles. The van der Waals surface area contributed by atoms with Crippen molar-refractivity contribution in [2.75, 3.05) is 40.9 Å². The average molecular weight is 428 g/mol. The predicted octanol–water partition coefficient (Wildman–Crippen LogP) is 4.01. The van der Waals surface area contributed by atoms with E-state index < -0.39 is 0 Å². The van der Waals surface area contributed by atoms with E-state index in [1.54, 1.807) is 38.5 Å². The minimum Gasteiger partial charge on any atom is -0.493 e. The Morgan fingerprint density at radius 2 is 1.39 bits per heavy atom. The number of carbonyl (C=O) groups excluding carboxylic acids is 1. The van der Waals surface area contributed by atoms with Crippen molar-refractivity contribution in [2.24, 2.45) is 0 Å². The number of rotatable bonds is 8. The highest BCUT2D eigenvalue weighted by Crippen LogP contribution is 2.45. The van der Waals surface area contributed by atoms with Crippen LogP contribution in [0.3, 0.4) is 0 Å². The number of carbonyl (C=O) groups is 1. The highest BCUT2D eigenvalue weighted by atomic mass is 16.5. The van der Waals surface area contributed by atoms with Crippen molar-refractivity contribution >= 4 is 11.8 Å². The summed E-state index contributed by atoms with van der Waals surface area (Å²) in [5.74, 6) is 2.35. The molecule has 1 N–H and O–H groups in total. The number of anilines is 1. The van der Waals surface area contributed by atoms with Gasteiger partial charge in [-0.15, -0.1) is 0 Å². The van der Waals surface area contributed by atoms with E-state index in [9.17, 15) is 4.79 Å². The van der Waals surface area contributed by atoms with Gasteiger partial charge in [-0.1, -0.05) is 11.2 Å². The molecule has 0 aliphatic heterocycles. The third-order valence-electron chi connectivity index (χ3n) is 4.59. The molecule has 0 atom stereocenters. The van der Waals surface area contributed by atoms with Gasteiger partial charge in [-0.2, -0.15) is 0 Å². The Balaban J connectivity index is 2.26. The van der Waals surface area contributed by atoms with Gasteiger partial charge in [0.05, 0.1) is 41.1 Å². The third kappa shape index (κ3) is 4.20. The lowest BCUT2D eigenvalue weighted by atomic mass is 9.99. The van der Waals surface area contributed by atoms with Gasteiger partial charge in [0.2, 0.25) is 17.5 Å². The standard InChI is InChI=1S/C22H24N2O7/c1-12(25)23-22-19(13-7-8-15(26-2)16(9-13)27-3)20(24-31-22)14-10-17(28-4)21(30-6)18(11-14)29-5/h7-11H,1-6H3,(H,23,25). The quantitative estimate of drug-likeness (QED) is 0.574. The van der Waals surface area contributed by atoms with Crippen LogP contribution >= 0.6 is 0 Å². The SMILES string of the molecule is COc1ccc(-c2c(-c3cc(OC)c(OC)c(OC)c3)noc2NC(C)=O)cc1OC. The van der Waals surface area contributed by atoms with E-state index in [4.69, 9.17) is 28.2 Å². The van der Waals surface area contributed by atoms with Gasteiger partial charge in [0.1, 0.15) is 5.69 Å². The molecule has 9 nitrogen and oxygen atoms in total. The highest BCUT2D eigenvalue weighted by molar-refractivity contribution is 5.96. The van der Waals surface area contributed by atoms with E-state index in [0.29, 0.717) is 51.1 Å². The molecule has 0 radical (unpaired) electrons. The number of ether oxygens (including phenoxy) is 5. The van der Waals surface area contributed by atoms with Gasteiger partial charge in [-0.05, 0) is 29.8 Å². The van der Waals surface area contributed by atoms with E-state index in [1.807, 2.05) is 6.07 Å². The lowest BCUT2D eigenvalue weighted by Crippen LogP contribution is -2.05. The Labute approximate surface area is 179 Å². The maximum Gasteiger partial charge on any atom is 0.239 e. The molecule has 1 aromatic heterocycles. The third-order valence-corrected chi connectivity index (χ3v) is 4.59. The fraction of sp³-hybridized carbons (Fsp3) is 0.273. The molecule has 0 saturated heterocycles. The Morgan fingerprint density at radius 3 is 1.90 bits per heavy atom. The molecule has 164 valence electrons. The molecule has 0 bridgehead atoms. The number of methoxy groups -OCH3 is 5. The van der Waals surface area contributed by atoms with E-state index >= 15 is 0 Å². The van der Waals surface area contributed by atoms with Crippen LogP contribution in [0.25, 0.3) is 22.4 Å². The summed E-state index contributed by atoms with van der Waals surface area (Å²) < 4.78 is 32.5. The van der Waals surface area contributed by atoms with Crippen LogP contribution in [-0.4, -0.2) is 46.6 Å². The van der Waals surface area contributed by atoms with Gasteiger partial charge in [0, 0.05) is 12.5 Å². The zero-order valence-electron chi connectivity index (χ0n) is 18.2. The van der Waals surface area contributed by atoms with Gasteiger partial charge in [-0.3, -0.25) is 10.1 Å². The monoisotopic (exact) mass is 428 g/mol. The van der Waals surface area contributed by atoms with E-state index in [0.717, 1.165) is 0 Å². The maximum absolute atomic E-state index is 11.8. The maximum atomic E-state index is 11.8. The molecule has 1 amide bonds. The summed E-state index contributed by atoms with van der Waals surface area (Å²) in [7, 11) is 7.69. The van der Waals surface area contributed by atoms with Gasteiger partial charge in [-0.25, -0.2) is 0 Å². The van der Waals surface area contributed by atoms with Gasteiger partial charge in [0.25, 0.3) is 0 Å². The van der Waals surface area contributed by atoms with Gasteiger partial charge in [0.15, 0.2) is 23.0 Å². The summed E-state index contributed by atoms with van der Waals surface area (Å²) in [5, 5.41) is 6.89. The first-order valence-electron chi connectivity index (χ1n) is 9.27. The minimum atomic E-state index is -0.297. The fourth-order valence-corrected chi connectivity index (χ4v) is 3.21. The van der Waals surface area contributed by atoms with Crippen LogP contribution in [0.5, 0.6) is 28.7 Å². The zero-order valence-corrected chi connectivity index (χ0v) is 18.2. The zero-order chi connectivity index (χ0) is 22.5. The summed E-state index contributed by atoms with van der Waals surface area (Å²) in [4.78, 5) is 11.8. The van der Waals surface area contributed by atoms with Gasteiger partial charge >= 0.3 is 0 Å². The lowest BCUT2D eigenvalue weighted by Gasteiger charge is -2.14. The Hall–Kier alpha value is -3.88. The number of hydrogen-bond donors (Lipinski definition) is 1. The van der Waals surface area contributed by atoms with Crippen molar-refractivity contribution in [2.45, 2.75) is 6.92 Å². The molecule has 0 fully saturated rings. The molecule has 0 aliphatic rings. The second kappa shape index (κ2) is 9.29. The molecule has 1 heterocycles. The number of nitrogens with zero attached hydrogens (tertiary/aromatic N) is 1. The molecular weight excluding hydrogens is 404 g/mol. The molecule has 3 aromatic rings. The van der Waals surface area contributed by atoms with Crippen LogP contribution in [-0.2, 0) is 4.79 Å². The molecule has 9 heteroatoms. The summed E-state index contributed by atoms with van der Waals surface area (Å²) in [6.07, 6.45) is 0. The highest BCUT2D eigenvalue weighted by Gasteiger charge is 2.24.